The van der Waals surface area contributed by atoms with Crippen molar-refractivity contribution < 1.29 is 0 Å². The van der Waals surface area contributed by atoms with Crippen LogP contribution in [0.4, 0.5) is 22.7 Å². The van der Waals surface area contributed by atoms with Gasteiger partial charge in [-0.25, -0.2) is 0 Å². The van der Waals surface area contributed by atoms with Crippen molar-refractivity contribution in [3.05, 3.63) is 83.9 Å². The predicted octanol–water partition coefficient (Wildman–Crippen LogP) is 5.13. The van der Waals surface area contributed by atoms with Crippen molar-refractivity contribution in [2.24, 2.45) is 9.98 Å². The van der Waals surface area contributed by atoms with Crippen LogP contribution >= 0.6 is 0 Å². The SMILES string of the molecule is CC(=Nc1ccccc1N=C(C)c1cccc(N)c1)c1cccc(N)c1. The minimum Gasteiger partial charge on any atom is -0.399 e. The Morgan fingerprint density at radius 3 is 1.42 bits per heavy atom. The molecule has 0 heterocycles. The molecule has 0 aliphatic carbocycles. The van der Waals surface area contributed by atoms with E-state index in [1.807, 2.05) is 86.6 Å². The molecule has 4 nitrogen and oxygen atoms in total. The molecule has 0 aromatic heterocycles. The van der Waals surface area contributed by atoms with Gasteiger partial charge in [0.15, 0.2) is 0 Å². The van der Waals surface area contributed by atoms with Crippen molar-refractivity contribution in [1.29, 1.82) is 0 Å². The molecule has 0 atom stereocenters. The van der Waals surface area contributed by atoms with Crippen LogP contribution in [-0.4, -0.2) is 11.4 Å². The Kier molecular flexibility index (Phi) is 5.13. The summed E-state index contributed by atoms with van der Waals surface area (Å²) in [5, 5.41) is 0. The molecule has 0 amide bonds. The minimum absolute atomic E-state index is 0.723. The van der Waals surface area contributed by atoms with Crippen LogP contribution in [0.3, 0.4) is 0 Å². The fourth-order valence-electron chi connectivity index (χ4n) is 2.67. The highest BCUT2D eigenvalue weighted by Crippen LogP contribution is 2.29. The minimum atomic E-state index is 0.723. The molecule has 0 saturated carbocycles. The average molecular weight is 342 g/mol. The van der Waals surface area contributed by atoms with E-state index in [4.69, 9.17) is 21.5 Å². The van der Waals surface area contributed by atoms with Gasteiger partial charge in [0.05, 0.1) is 11.4 Å². The number of nitrogen functional groups attached to an aromatic ring is 2. The van der Waals surface area contributed by atoms with Gasteiger partial charge < -0.3 is 11.5 Å². The molecular weight excluding hydrogens is 320 g/mol. The monoisotopic (exact) mass is 342 g/mol. The highest BCUT2D eigenvalue weighted by molar-refractivity contribution is 6.03. The van der Waals surface area contributed by atoms with Gasteiger partial charge in [-0.15, -0.1) is 0 Å². The van der Waals surface area contributed by atoms with Gasteiger partial charge in [-0.3, -0.25) is 9.98 Å². The van der Waals surface area contributed by atoms with Gasteiger partial charge in [-0.1, -0.05) is 36.4 Å². The van der Waals surface area contributed by atoms with Crippen LogP contribution < -0.4 is 11.5 Å². The van der Waals surface area contributed by atoms with Crippen LogP contribution in [0.1, 0.15) is 25.0 Å². The summed E-state index contributed by atoms with van der Waals surface area (Å²) in [7, 11) is 0. The summed E-state index contributed by atoms with van der Waals surface area (Å²) >= 11 is 0. The van der Waals surface area contributed by atoms with Crippen molar-refractivity contribution in [1.82, 2.24) is 0 Å². The number of para-hydroxylation sites is 2. The first-order chi connectivity index (χ1) is 12.5. The molecule has 3 aromatic carbocycles. The summed E-state index contributed by atoms with van der Waals surface area (Å²) in [6.07, 6.45) is 0. The molecule has 0 bridgehead atoms. The molecule has 0 radical (unpaired) electrons. The summed E-state index contributed by atoms with van der Waals surface area (Å²) in [6, 6.07) is 23.3. The number of nitrogens with zero attached hydrogens (tertiary/aromatic N) is 2. The summed E-state index contributed by atoms with van der Waals surface area (Å²) in [4.78, 5) is 9.53. The van der Waals surface area contributed by atoms with Gasteiger partial charge in [0.1, 0.15) is 0 Å². The lowest BCUT2D eigenvalue weighted by molar-refractivity contribution is 1.41. The lowest BCUT2D eigenvalue weighted by Gasteiger charge is -2.07. The van der Waals surface area contributed by atoms with Gasteiger partial charge in [0, 0.05) is 22.8 Å². The second kappa shape index (κ2) is 7.66. The van der Waals surface area contributed by atoms with E-state index < -0.39 is 0 Å². The molecule has 0 fully saturated rings. The van der Waals surface area contributed by atoms with E-state index in [2.05, 4.69) is 0 Å². The average Bonchev–Trinajstić information content (AvgIpc) is 2.63. The quantitative estimate of drug-likeness (QED) is 0.509. The molecule has 0 aliphatic rings. The van der Waals surface area contributed by atoms with E-state index in [0.29, 0.717) is 0 Å². The number of anilines is 2. The van der Waals surface area contributed by atoms with Crippen LogP contribution in [0.2, 0.25) is 0 Å². The normalized spacial score (nSPS) is 12.2. The number of benzene rings is 3. The number of aliphatic imine (C=N–C) groups is 2. The zero-order valence-corrected chi connectivity index (χ0v) is 15.0. The maximum atomic E-state index is 5.88. The highest BCUT2D eigenvalue weighted by atomic mass is 14.8. The van der Waals surface area contributed by atoms with E-state index in [9.17, 15) is 0 Å². The van der Waals surface area contributed by atoms with Gasteiger partial charge >= 0.3 is 0 Å². The van der Waals surface area contributed by atoms with Gasteiger partial charge in [0.2, 0.25) is 0 Å². The summed E-state index contributed by atoms with van der Waals surface area (Å²) in [5.74, 6) is 0. The molecule has 3 rings (SSSR count). The van der Waals surface area contributed by atoms with Gasteiger partial charge in [0.25, 0.3) is 0 Å². The van der Waals surface area contributed by atoms with Crippen molar-refractivity contribution >= 4 is 34.2 Å². The molecule has 3 aromatic rings. The van der Waals surface area contributed by atoms with Crippen LogP contribution in [0.15, 0.2) is 82.8 Å². The number of nitrogens with two attached hydrogens (primary N) is 2. The Bertz CT molecular complexity index is 906. The molecule has 4 N–H and O–H groups in total. The molecule has 0 unspecified atom stereocenters. The fourth-order valence-corrected chi connectivity index (χ4v) is 2.67. The zero-order valence-electron chi connectivity index (χ0n) is 15.0. The topological polar surface area (TPSA) is 76.8 Å². The third-order valence-electron chi connectivity index (χ3n) is 4.07. The van der Waals surface area contributed by atoms with E-state index in [-0.39, 0.29) is 0 Å². The molecule has 0 aliphatic heterocycles. The number of hydrogen-bond acceptors (Lipinski definition) is 4. The van der Waals surface area contributed by atoms with Crippen LogP contribution in [0, 0.1) is 0 Å². The van der Waals surface area contributed by atoms with E-state index in [1.165, 1.54) is 0 Å². The fraction of sp³-hybridized carbons (Fsp3) is 0.0909. The molecule has 4 heteroatoms. The standard InChI is InChI=1S/C22H22N4/c1-15(17-7-5-9-19(23)13-17)25-21-11-3-4-12-22(21)26-16(2)18-8-6-10-20(24)14-18/h3-14H,23-24H2,1-2H3. The smallest absolute Gasteiger partial charge is 0.0889 e. The summed E-state index contributed by atoms with van der Waals surface area (Å²) in [6.45, 7) is 3.94. The van der Waals surface area contributed by atoms with Crippen molar-refractivity contribution in [2.45, 2.75) is 13.8 Å². The predicted molar refractivity (Wildman–Crippen MR) is 112 cm³/mol. The van der Waals surface area contributed by atoms with Crippen LogP contribution in [0.25, 0.3) is 0 Å². The third-order valence-corrected chi connectivity index (χ3v) is 4.07. The number of hydrogen-bond donors (Lipinski definition) is 2. The van der Waals surface area contributed by atoms with Crippen molar-refractivity contribution in [3.63, 3.8) is 0 Å². The molecule has 0 saturated heterocycles. The Balaban J connectivity index is 1.98. The molecule has 130 valence electrons. The molecule has 26 heavy (non-hydrogen) atoms. The van der Waals surface area contributed by atoms with E-state index >= 15 is 0 Å². The second-order valence-corrected chi connectivity index (χ2v) is 6.13. The first-order valence-corrected chi connectivity index (χ1v) is 8.44. The first-order valence-electron chi connectivity index (χ1n) is 8.44. The third kappa shape index (κ3) is 4.16. The molecule has 0 spiro atoms. The summed E-state index contributed by atoms with van der Waals surface area (Å²) in [5.41, 5.74) is 18.6. The Morgan fingerprint density at radius 2 is 1.04 bits per heavy atom. The number of rotatable bonds is 4. The lowest BCUT2D eigenvalue weighted by Crippen LogP contribution is -1.97. The first kappa shape index (κ1) is 17.4. The van der Waals surface area contributed by atoms with Crippen molar-refractivity contribution in [2.75, 3.05) is 11.5 Å². The van der Waals surface area contributed by atoms with E-state index in [0.717, 1.165) is 45.3 Å². The van der Waals surface area contributed by atoms with Gasteiger partial charge in [-0.05, 0) is 61.4 Å². The van der Waals surface area contributed by atoms with Crippen LogP contribution in [0.5, 0.6) is 0 Å². The van der Waals surface area contributed by atoms with E-state index in [1.54, 1.807) is 0 Å². The maximum absolute atomic E-state index is 5.88. The molecular formula is C22H22N4. The second-order valence-electron chi connectivity index (χ2n) is 6.13. The van der Waals surface area contributed by atoms with Crippen LogP contribution in [-0.2, 0) is 0 Å². The largest absolute Gasteiger partial charge is 0.399 e. The maximum Gasteiger partial charge on any atom is 0.0889 e. The Hall–Kier alpha value is -3.40. The highest BCUT2D eigenvalue weighted by Gasteiger charge is 2.04. The van der Waals surface area contributed by atoms with Gasteiger partial charge in [-0.2, -0.15) is 0 Å². The Morgan fingerprint density at radius 1 is 0.615 bits per heavy atom. The lowest BCUT2D eigenvalue weighted by atomic mass is 10.1. The Labute approximate surface area is 153 Å². The zero-order chi connectivity index (χ0) is 18.5. The summed E-state index contributed by atoms with van der Waals surface area (Å²) < 4.78 is 0. The van der Waals surface area contributed by atoms with Crippen molar-refractivity contribution in [3.8, 4) is 0 Å².